The van der Waals surface area contributed by atoms with Gasteiger partial charge in [-0.3, -0.25) is 9.36 Å². The van der Waals surface area contributed by atoms with Gasteiger partial charge < -0.3 is 15.2 Å². The smallest absolute Gasteiger partial charge is 0.382 e. The highest BCUT2D eigenvalue weighted by atomic mass is 35.5. The zero-order valence-electron chi connectivity index (χ0n) is 19.6. The van der Waals surface area contributed by atoms with Gasteiger partial charge in [0, 0.05) is 23.9 Å². The Morgan fingerprint density at radius 1 is 1.18 bits per heavy atom. The lowest BCUT2D eigenvalue weighted by atomic mass is 10.2. The minimum Gasteiger partial charge on any atom is -0.382 e. The van der Waals surface area contributed by atoms with Crippen LogP contribution in [0.1, 0.15) is 5.82 Å². The SMILES string of the molecule is COCC(=O)Nc1cccnc1-n1cnc(Cn2nc(-c3ccc(Cl)cc3)n(C[C@H](O)C(F)(F)F)c2=O)n1. The molecule has 12 nitrogen and oxygen atoms in total. The minimum atomic E-state index is -4.95. The molecule has 0 spiro atoms. The summed E-state index contributed by atoms with van der Waals surface area (Å²) in [5.41, 5.74) is -0.290. The second-order valence-electron chi connectivity index (χ2n) is 7.90. The Bertz CT molecular complexity index is 1480. The highest BCUT2D eigenvalue weighted by molar-refractivity contribution is 6.30. The zero-order valence-corrected chi connectivity index (χ0v) is 20.4. The number of aromatic nitrogens is 7. The van der Waals surface area contributed by atoms with E-state index < -0.39 is 30.4 Å². The number of hydrogen-bond acceptors (Lipinski definition) is 8. The van der Waals surface area contributed by atoms with Crippen LogP contribution < -0.4 is 11.0 Å². The first-order chi connectivity index (χ1) is 18.1. The molecule has 1 aromatic carbocycles. The summed E-state index contributed by atoms with van der Waals surface area (Å²) in [6.45, 7) is -1.55. The first kappa shape index (κ1) is 27.0. The molecule has 2 N–H and O–H groups in total. The molecule has 0 fully saturated rings. The molecule has 200 valence electrons. The van der Waals surface area contributed by atoms with E-state index in [9.17, 15) is 27.9 Å². The van der Waals surface area contributed by atoms with Gasteiger partial charge in [0.25, 0.3) is 0 Å². The summed E-state index contributed by atoms with van der Waals surface area (Å²) in [6.07, 6.45) is -4.98. The number of nitrogens with one attached hydrogen (secondary N) is 1. The number of nitrogens with zero attached hydrogens (tertiary/aromatic N) is 7. The summed E-state index contributed by atoms with van der Waals surface area (Å²) in [5.74, 6) is -0.225. The van der Waals surface area contributed by atoms with E-state index in [1.807, 2.05) is 0 Å². The van der Waals surface area contributed by atoms with Crippen molar-refractivity contribution in [3.63, 3.8) is 0 Å². The van der Waals surface area contributed by atoms with E-state index in [2.05, 4.69) is 25.5 Å². The molecule has 0 aliphatic rings. The number of hydrogen-bond donors (Lipinski definition) is 2. The van der Waals surface area contributed by atoms with E-state index in [1.165, 1.54) is 48.6 Å². The zero-order chi connectivity index (χ0) is 27.4. The van der Waals surface area contributed by atoms with Crippen molar-refractivity contribution in [3.05, 3.63) is 70.3 Å². The van der Waals surface area contributed by atoms with Gasteiger partial charge in [-0.25, -0.2) is 24.1 Å². The molecule has 0 saturated carbocycles. The molecule has 0 unspecified atom stereocenters. The van der Waals surface area contributed by atoms with Crippen LogP contribution in [0.4, 0.5) is 18.9 Å². The fourth-order valence-corrected chi connectivity index (χ4v) is 3.52. The molecule has 0 radical (unpaired) electrons. The monoisotopic (exact) mass is 552 g/mol. The Morgan fingerprint density at radius 3 is 2.61 bits per heavy atom. The minimum absolute atomic E-state index is 0.0793. The first-order valence-electron chi connectivity index (χ1n) is 10.9. The van der Waals surface area contributed by atoms with Gasteiger partial charge in [0.15, 0.2) is 23.6 Å². The summed E-state index contributed by atoms with van der Waals surface area (Å²) in [5, 5.41) is 21.0. The second-order valence-corrected chi connectivity index (χ2v) is 8.34. The van der Waals surface area contributed by atoms with Crippen molar-refractivity contribution in [1.29, 1.82) is 0 Å². The van der Waals surface area contributed by atoms with E-state index in [0.29, 0.717) is 16.3 Å². The van der Waals surface area contributed by atoms with Crippen LogP contribution in [-0.4, -0.2) is 71.1 Å². The second kappa shape index (κ2) is 11.1. The fraction of sp³-hybridized carbons (Fsp3) is 0.273. The summed E-state index contributed by atoms with van der Waals surface area (Å²) in [7, 11) is 1.37. The third-order valence-electron chi connectivity index (χ3n) is 5.14. The van der Waals surface area contributed by atoms with E-state index >= 15 is 0 Å². The first-order valence-corrected chi connectivity index (χ1v) is 11.3. The van der Waals surface area contributed by atoms with Gasteiger partial charge >= 0.3 is 11.9 Å². The van der Waals surface area contributed by atoms with E-state index in [-0.39, 0.29) is 30.6 Å². The lowest BCUT2D eigenvalue weighted by molar-refractivity contribution is -0.207. The van der Waals surface area contributed by atoms with Crippen LogP contribution in [0.3, 0.4) is 0 Å². The predicted octanol–water partition coefficient (Wildman–Crippen LogP) is 1.90. The number of anilines is 1. The van der Waals surface area contributed by atoms with Crippen LogP contribution in [0, 0.1) is 0 Å². The summed E-state index contributed by atoms with van der Waals surface area (Å²) < 4.78 is 46.8. The third kappa shape index (κ3) is 6.07. The van der Waals surface area contributed by atoms with Crippen LogP contribution in [-0.2, 0) is 22.6 Å². The standard InChI is InChI=1S/C22H20ClF3N8O4/c1-38-11-18(36)29-15-3-2-8-27-20(15)34-12-28-17(30-34)10-33-21(37)32(9-16(35)22(24,25)26)19(31-33)13-4-6-14(23)7-5-13/h2-8,12,16,35H,9-11H2,1H3,(H,29,36)/t16-/m0/s1. The Morgan fingerprint density at radius 2 is 1.92 bits per heavy atom. The maximum atomic E-state index is 13.1. The molecule has 4 rings (SSSR count). The number of amides is 1. The number of pyridine rings is 1. The Hall–Kier alpha value is -4.08. The van der Waals surface area contributed by atoms with Crippen molar-refractivity contribution in [1.82, 2.24) is 34.1 Å². The molecular formula is C22H20ClF3N8O4. The molecule has 4 aromatic rings. The average Bonchev–Trinajstić information content (AvgIpc) is 3.45. The molecular weight excluding hydrogens is 533 g/mol. The van der Waals surface area contributed by atoms with Gasteiger partial charge in [0.2, 0.25) is 5.91 Å². The molecule has 3 aromatic heterocycles. The van der Waals surface area contributed by atoms with Gasteiger partial charge in [0.1, 0.15) is 19.5 Å². The van der Waals surface area contributed by atoms with Crippen molar-refractivity contribution in [3.8, 4) is 17.2 Å². The Labute approximate surface area is 217 Å². The predicted molar refractivity (Wildman–Crippen MR) is 128 cm³/mol. The molecule has 3 heterocycles. The molecule has 0 bridgehead atoms. The fourth-order valence-electron chi connectivity index (χ4n) is 3.40. The van der Waals surface area contributed by atoms with Crippen molar-refractivity contribution >= 4 is 23.2 Å². The number of alkyl halides is 3. The number of carbonyl (C=O) groups excluding carboxylic acids is 1. The van der Waals surface area contributed by atoms with Crippen LogP contribution >= 0.6 is 11.6 Å². The number of rotatable bonds is 9. The highest BCUT2D eigenvalue weighted by Crippen LogP contribution is 2.24. The molecule has 1 atom stereocenters. The van der Waals surface area contributed by atoms with Crippen molar-refractivity contribution in [2.45, 2.75) is 25.4 Å². The number of methoxy groups -OCH3 is 1. The van der Waals surface area contributed by atoms with Gasteiger partial charge in [-0.05, 0) is 36.4 Å². The van der Waals surface area contributed by atoms with Crippen molar-refractivity contribution in [2.75, 3.05) is 19.0 Å². The van der Waals surface area contributed by atoms with Crippen molar-refractivity contribution in [2.24, 2.45) is 0 Å². The van der Waals surface area contributed by atoms with Gasteiger partial charge in [0.05, 0.1) is 12.2 Å². The number of benzene rings is 1. The molecule has 0 aliphatic heterocycles. The third-order valence-corrected chi connectivity index (χ3v) is 5.39. The number of ether oxygens (including phenoxy) is 1. The largest absolute Gasteiger partial charge is 0.416 e. The average molecular weight is 553 g/mol. The van der Waals surface area contributed by atoms with E-state index in [4.69, 9.17) is 16.3 Å². The van der Waals surface area contributed by atoms with Crippen LogP contribution in [0.15, 0.2) is 53.7 Å². The molecule has 0 aliphatic carbocycles. The molecule has 38 heavy (non-hydrogen) atoms. The summed E-state index contributed by atoms with van der Waals surface area (Å²) >= 11 is 5.90. The van der Waals surface area contributed by atoms with E-state index in [1.54, 1.807) is 12.1 Å². The topological polar surface area (TPSA) is 142 Å². The summed E-state index contributed by atoms with van der Waals surface area (Å²) in [6, 6.07) is 9.14. The van der Waals surface area contributed by atoms with Crippen LogP contribution in [0.25, 0.3) is 17.2 Å². The van der Waals surface area contributed by atoms with Crippen LogP contribution in [0.5, 0.6) is 0 Å². The number of carbonyl (C=O) groups is 1. The Balaban J connectivity index is 1.66. The number of aliphatic hydroxyl groups is 1. The highest BCUT2D eigenvalue weighted by Gasteiger charge is 2.39. The van der Waals surface area contributed by atoms with E-state index in [0.717, 1.165) is 9.25 Å². The van der Waals surface area contributed by atoms with Gasteiger partial charge in [-0.2, -0.15) is 13.2 Å². The number of halogens is 4. The quantitative estimate of drug-likeness (QED) is 0.321. The molecule has 0 saturated heterocycles. The molecule has 16 heteroatoms. The molecule has 1 amide bonds. The maximum Gasteiger partial charge on any atom is 0.416 e. The lowest BCUT2D eigenvalue weighted by Gasteiger charge is -2.15. The summed E-state index contributed by atoms with van der Waals surface area (Å²) in [4.78, 5) is 33.3. The van der Waals surface area contributed by atoms with Gasteiger partial charge in [-0.15, -0.1) is 10.2 Å². The lowest BCUT2D eigenvalue weighted by Crippen LogP contribution is -2.37. The van der Waals surface area contributed by atoms with Crippen LogP contribution in [0.2, 0.25) is 5.02 Å². The Kier molecular flexibility index (Phi) is 7.89. The number of aliphatic hydroxyl groups excluding tert-OH is 1. The maximum absolute atomic E-state index is 13.1. The van der Waals surface area contributed by atoms with Crippen molar-refractivity contribution < 1.29 is 27.8 Å². The normalized spacial score (nSPS) is 12.5. The van der Waals surface area contributed by atoms with Gasteiger partial charge in [-0.1, -0.05) is 11.6 Å².